The lowest BCUT2D eigenvalue weighted by molar-refractivity contribution is -0.117. The molecule has 1 aromatic carbocycles. The van der Waals surface area contributed by atoms with Crippen molar-refractivity contribution in [2.45, 2.75) is 6.92 Å². The fraction of sp³-hybridized carbons (Fsp3) is 0.375. The van der Waals surface area contributed by atoms with Crippen LogP contribution in [0.25, 0.3) is 11.3 Å². The molecule has 1 saturated heterocycles. The Morgan fingerprint density at radius 3 is 2.64 bits per heavy atom. The molecule has 5 nitrogen and oxygen atoms in total. The van der Waals surface area contributed by atoms with Crippen LogP contribution in [0.4, 0.5) is 5.69 Å². The molecule has 1 amide bonds. The Labute approximate surface area is 170 Å². The van der Waals surface area contributed by atoms with Crippen LogP contribution in [-0.4, -0.2) is 48.5 Å². The van der Waals surface area contributed by atoms with Gasteiger partial charge in [-0.3, -0.25) is 9.69 Å². The van der Waals surface area contributed by atoms with Gasteiger partial charge in [0.15, 0.2) is 0 Å². The highest BCUT2D eigenvalue weighted by Crippen LogP contribution is 2.24. The Morgan fingerprint density at radius 2 is 2.00 bits per heavy atom. The number of halogens is 3. The Kier molecular flexibility index (Phi) is 11.3. The quantitative estimate of drug-likeness (QED) is 0.789. The molecule has 0 bridgehead atoms. The van der Waals surface area contributed by atoms with Gasteiger partial charge < -0.3 is 10.6 Å². The van der Waals surface area contributed by atoms with Crippen molar-refractivity contribution in [3.05, 3.63) is 34.7 Å². The third-order valence-corrected chi connectivity index (χ3v) is 4.41. The molecule has 1 aliphatic heterocycles. The van der Waals surface area contributed by atoms with Crippen molar-refractivity contribution in [3.8, 4) is 11.3 Å². The van der Waals surface area contributed by atoms with Crippen LogP contribution in [0.2, 0.25) is 0 Å². The van der Waals surface area contributed by atoms with E-state index in [0.29, 0.717) is 6.54 Å². The van der Waals surface area contributed by atoms with E-state index in [-0.39, 0.29) is 43.1 Å². The number of rotatable bonds is 4. The molecule has 2 N–H and O–H groups in total. The molecule has 0 saturated carbocycles. The molecule has 0 atom stereocenters. The summed E-state index contributed by atoms with van der Waals surface area (Å²) >= 11 is 1.63. The largest absolute Gasteiger partial charge is 0.325 e. The van der Waals surface area contributed by atoms with Crippen LogP contribution in [0.5, 0.6) is 0 Å². The van der Waals surface area contributed by atoms with Gasteiger partial charge in [-0.05, 0) is 19.1 Å². The van der Waals surface area contributed by atoms with E-state index >= 15 is 0 Å². The molecule has 1 fully saturated rings. The SMILES string of the molecule is Cc1nc(-c2cccc(NC(=O)CN3CCNCC3)c2)cs1.Cl.Cl.Cl. The first-order valence-electron chi connectivity index (χ1n) is 7.46. The van der Waals surface area contributed by atoms with E-state index in [9.17, 15) is 4.79 Å². The highest BCUT2D eigenvalue weighted by Gasteiger charge is 2.13. The van der Waals surface area contributed by atoms with Crippen LogP contribution < -0.4 is 10.6 Å². The summed E-state index contributed by atoms with van der Waals surface area (Å²) in [4.78, 5) is 18.8. The summed E-state index contributed by atoms with van der Waals surface area (Å²) in [5, 5.41) is 9.35. The number of thiazole rings is 1. The summed E-state index contributed by atoms with van der Waals surface area (Å²) in [5.74, 6) is 0.0357. The van der Waals surface area contributed by atoms with Crippen LogP contribution in [0, 0.1) is 6.92 Å². The minimum absolute atomic E-state index is 0. The van der Waals surface area contributed by atoms with E-state index < -0.39 is 0 Å². The van der Waals surface area contributed by atoms with E-state index in [4.69, 9.17) is 0 Å². The van der Waals surface area contributed by atoms with Crippen molar-refractivity contribution < 1.29 is 4.79 Å². The number of hydrogen-bond acceptors (Lipinski definition) is 5. The molecule has 1 aliphatic rings. The lowest BCUT2D eigenvalue weighted by Crippen LogP contribution is -2.46. The minimum Gasteiger partial charge on any atom is -0.325 e. The van der Waals surface area contributed by atoms with Crippen molar-refractivity contribution in [2.75, 3.05) is 38.0 Å². The lowest BCUT2D eigenvalue weighted by atomic mass is 10.1. The first-order chi connectivity index (χ1) is 10.7. The zero-order valence-electron chi connectivity index (χ0n) is 13.9. The second-order valence-corrected chi connectivity index (χ2v) is 6.47. The van der Waals surface area contributed by atoms with Crippen LogP contribution >= 0.6 is 48.6 Å². The van der Waals surface area contributed by atoms with Gasteiger partial charge in [-0.1, -0.05) is 12.1 Å². The first-order valence-corrected chi connectivity index (χ1v) is 8.34. The lowest BCUT2D eigenvalue weighted by Gasteiger charge is -2.26. The van der Waals surface area contributed by atoms with E-state index in [1.165, 1.54) is 0 Å². The molecular formula is C16H23Cl3N4OS. The summed E-state index contributed by atoms with van der Waals surface area (Å²) in [5.41, 5.74) is 2.81. The number of aromatic nitrogens is 1. The standard InChI is InChI=1S/C16H20N4OS.3ClH/c1-12-18-15(11-22-12)13-3-2-4-14(9-13)19-16(21)10-20-7-5-17-6-8-20;;;/h2-4,9,11,17H,5-8,10H2,1H3,(H,19,21);3*1H. The maximum absolute atomic E-state index is 12.1. The monoisotopic (exact) mass is 424 g/mol. The zero-order valence-corrected chi connectivity index (χ0v) is 17.1. The Hall–Kier alpha value is -0.890. The average molecular weight is 426 g/mol. The first kappa shape index (κ1) is 24.1. The van der Waals surface area contributed by atoms with Crippen LogP contribution in [-0.2, 0) is 4.79 Å². The van der Waals surface area contributed by atoms with Crippen molar-refractivity contribution in [2.24, 2.45) is 0 Å². The van der Waals surface area contributed by atoms with Gasteiger partial charge in [0.25, 0.3) is 0 Å². The maximum atomic E-state index is 12.1. The number of nitrogens with zero attached hydrogens (tertiary/aromatic N) is 2. The van der Waals surface area contributed by atoms with E-state index in [0.717, 1.165) is 48.1 Å². The van der Waals surface area contributed by atoms with Gasteiger partial charge in [0.1, 0.15) is 0 Å². The summed E-state index contributed by atoms with van der Waals surface area (Å²) in [6, 6.07) is 7.85. The fourth-order valence-electron chi connectivity index (χ4n) is 2.53. The number of carbonyl (C=O) groups is 1. The van der Waals surface area contributed by atoms with Crippen molar-refractivity contribution >= 4 is 60.2 Å². The second kappa shape index (κ2) is 11.7. The predicted molar refractivity (Wildman–Crippen MR) is 112 cm³/mol. The molecule has 0 aliphatic carbocycles. The van der Waals surface area contributed by atoms with Gasteiger partial charge in [-0.25, -0.2) is 4.98 Å². The maximum Gasteiger partial charge on any atom is 0.238 e. The van der Waals surface area contributed by atoms with Crippen molar-refractivity contribution in [1.82, 2.24) is 15.2 Å². The molecule has 25 heavy (non-hydrogen) atoms. The molecule has 1 aromatic heterocycles. The number of carbonyl (C=O) groups excluding carboxylic acids is 1. The Morgan fingerprint density at radius 1 is 1.28 bits per heavy atom. The van der Waals surface area contributed by atoms with Gasteiger partial charge in [-0.2, -0.15) is 0 Å². The van der Waals surface area contributed by atoms with Gasteiger partial charge in [0.05, 0.1) is 17.2 Å². The molecule has 2 heterocycles. The number of piperazine rings is 1. The Bertz CT molecular complexity index is 662. The molecule has 2 aromatic rings. The zero-order chi connectivity index (χ0) is 15.4. The molecule has 140 valence electrons. The molecule has 9 heteroatoms. The van der Waals surface area contributed by atoms with Crippen molar-refractivity contribution in [3.63, 3.8) is 0 Å². The van der Waals surface area contributed by atoms with E-state index in [1.807, 2.05) is 36.6 Å². The van der Waals surface area contributed by atoms with Crippen molar-refractivity contribution in [1.29, 1.82) is 0 Å². The minimum atomic E-state index is 0. The number of benzene rings is 1. The van der Waals surface area contributed by atoms with Gasteiger partial charge >= 0.3 is 0 Å². The van der Waals surface area contributed by atoms with Crippen LogP contribution in [0.3, 0.4) is 0 Å². The number of nitrogens with one attached hydrogen (secondary N) is 2. The number of hydrogen-bond donors (Lipinski definition) is 2. The molecule has 3 rings (SSSR count). The molecule has 0 radical (unpaired) electrons. The highest BCUT2D eigenvalue weighted by atomic mass is 35.5. The van der Waals surface area contributed by atoms with Gasteiger partial charge in [0, 0.05) is 42.8 Å². The highest BCUT2D eigenvalue weighted by molar-refractivity contribution is 7.09. The molecule has 0 unspecified atom stereocenters. The summed E-state index contributed by atoms with van der Waals surface area (Å²) in [6.45, 7) is 6.18. The fourth-order valence-corrected chi connectivity index (χ4v) is 3.15. The Balaban J connectivity index is 0.00000192. The summed E-state index contributed by atoms with van der Waals surface area (Å²) in [6.07, 6.45) is 0. The van der Waals surface area contributed by atoms with Crippen LogP contribution in [0.15, 0.2) is 29.6 Å². The molecular weight excluding hydrogens is 403 g/mol. The topological polar surface area (TPSA) is 57.3 Å². The third-order valence-electron chi connectivity index (χ3n) is 3.64. The van der Waals surface area contributed by atoms with Gasteiger partial charge in [0.2, 0.25) is 5.91 Å². The predicted octanol–water partition coefficient (Wildman–Crippen LogP) is 3.23. The number of anilines is 1. The number of amides is 1. The normalized spacial score (nSPS) is 13.8. The average Bonchev–Trinajstić information content (AvgIpc) is 2.95. The number of aryl methyl sites for hydroxylation is 1. The smallest absolute Gasteiger partial charge is 0.238 e. The van der Waals surface area contributed by atoms with Crippen LogP contribution in [0.1, 0.15) is 5.01 Å². The summed E-state index contributed by atoms with van der Waals surface area (Å²) in [7, 11) is 0. The van der Waals surface area contributed by atoms with Gasteiger partial charge in [-0.15, -0.1) is 48.6 Å². The summed E-state index contributed by atoms with van der Waals surface area (Å²) < 4.78 is 0. The van der Waals surface area contributed by atoms with E-state index in [1.54, 1.807) is 11.3 Å². The second-order valence-electron chi connectivity index (χ2n) is 5.41. The third kappa shape index (κ3) is 7.09. The van der Waals surface area contributed by atoms with E-state index in [2.05, 4.69) is 20.5 Å². The molecule has 0 spiro atoms.